The monoisotopic (exact) mass is 536 g/mol. The second-order valence-corrected chi connectivity index (χ2v) is 11.5. The highest BCUT2D eigenvalue weighted by atomic mass is 15.2. The molecule has 0 amide bonds. The average molecular weight is 537 g/mol. The summed E-state index contributed by atoms with van der Waals surface area (Å²) in [5.74, 6) is 2.43. The van der Waals surface area contributed by atoms with Crippen LogP contribution in [0.4, 0.5) is 11.8 Å². The molecular weight excluding hydrogens is 492 g/mol. The molecule has 1 aliphatic carbocycles. The van der Waals surface area contributed by atoms with E-state index in [0.29, 0.717) is 12.1 Å². The van der Waals surface area contributed by atoms with Gasteiger partial charge >= 0.3 is 0 Å². The van der Waals surface area contributed by atoms with Crippen molar-refractivity contribution >= 4 is 22.7 Å². The van der Waals surface area contributed by atoms with Crippen molar-refractivity contribution in [3.05, 3.63) is 96.1 Å². The fourth-order valence-electron chi connectivity index (χ4n) is 5.79. The van der Waals surface area contributed by atoms with Crippen molar-refractivity contribution in [3.63, 3.8) is 0 Å². The standard InChI is InChI=1S/C34H44N6/c1-26(40(24-28-12-6-4-7-13-28)25-29-14-8-5-9-15-29)22-35-23-27-18-20-30(21-19-27)36-34-37-32-17-11-10-16-31(32)33(38-34)39(2)3/h4-17,26-27,30,35H,18-25H2,1-3H3,(H,36,37,38)/t26-,27?,30?/m0/s1. The van der Waals surface area contributed by atoms with Crippen molar-refractivity contribution in [3.8, 4) is 0 Å². The predicted octanol–water partition coefficient (Wildman–Crippen LogP) is 6.35. The van der Waals surface area contributed by atoms with Gasteiger partial charge in [-0.05, 0) is 68.3 Å². The summed E-state index contributed by atoms with van der Waals surface area (Å²) in [5.41, 5.74) is 3.72. The summed E-state index contributed by atoms with van der Waals surface area (Å²) in [6.45, 7) is 6.35. The third-order valence-electron chi connectivity index (χ3n) is 8.14. The Balaban J connectivity index is 1.10. The highest BCUT2D eigenvalue weighted by Gasteiger charge is 2.23. The van der Waals surface area contributed by atoms with Gasteiger partial charge in [-0.15, -0.1) is 0 Å². The van der Waals surface area contributed by atoms with Crippen LogP contribution in [0.25, 0.3) is 10.9 Å². The number of anilines is 2. The van der Waals surface area contributed by atoms with Crippen LogP contribution in [-0.2, 0) is 13.1 Å². The summed E-state index contributed by atoms with van der Waals surface area (Å²) in [4.78, 5) is 14.3. The molecule has 0 unspecified atom stereocenters. The first kappa shape index (κ1) is 28.1. The molecule has 1 aliphatic rings. The van der Waals surface area contributed by atoms with Crippen LogP contribution in [0.2, 0.25) is 0 Å². The summed E-state index contributed by atoms with van der Waals surface area (Å²) in [6, 6.07) is 30.8. The lowest BCUT2D eigenvalue weighted by atomic mass is 9.86. The normalized spacial score (nSPS) is 18.1. The van der Waals surface area contributed by atoms with Gasteiger partial charge in [0.05, 0.1) is 5.52 Å². The van der Waals surface area contributed by atoms with Gasteiger partial charge in [0.15, 0.2) is 0 Å². The summed E-state index contributed by atoms with van der Waals surface area (Å²) in [5, 5.41) is 8.56. The van der Waals surface area contributed by atoms with E-state index in [1.807, 2.05) is 26.2 Å². The first-order valence-electron chi connectivity index (χ1n) is 14.8. The van der Waals surface area contributed by atoms with E-state index in [-0.39, 0.29) is 0 Å². The minimum Gasteiger partial charge on any atom is -0.362 e. The predicted molar refractivity (Wildman–Crippen MR) is 168 cm³/mol. The molecule has 3 aromatic carbocycles. The second kappa shape index (κ2) is 13.7. The highest BCUT2D eigenvalue weighted by molar-refractivity contribution is 5.90. The van der Waals surface area contributed by atoms with E-state index in [9.17, 15) is 0 Å². The fourth-order valence-corrected chi connectivity index (χ4v) is 5.79. The van der Waals surface area contributed by atoms with Crippen molar-refractivity contribution in [2.75, 3.05) is 37.4 Å². The van der Waals surface area contributed by atoms with Crippen LogP contribution in [0.1, 0.15) is 43.7 Å². The SMILES string of the molecule is C[C@@H](CNCC1CCC(Nc2nc(N(C)C)c3ccccc3n2)CC1)N(Cc1ccccc1)Cc1ccccc1. The second-order valence-electron chi connectivity index (χ2n) is 11.5. The van der Waals surface area contributed by atoms with E-state index < -0.39 is 0 Å². The number of benzene rings is 3. The minimum atomic E-state index is 0.429. The first-order chi connectivity index (χ1) is 19.5. The van der Waals surface area contributed by atoms with Crippen LogP contribution >= 0.6 is 0 Å². The number of rotatable bonds is 12. The van der Waals surface area contributed by atoms with Crippen LogP contribution < -0.4 is 15.5 Å². The molecule has 210 valence electrons. The quantitative estimate of drug-likeness (QED) is 0.220. The van der Waals surface area contributed by atoms with Crippen LogP contribution in [0.3, 0.4) is 0 Å². The van der Waals surface area contributed by atoms with E-state index in [1.54, 1.807) is 0 Å². The molecule has 1 fully saturated rings. The van der Waals surface area contributed by atoms with Gasteiger partial charge in [-0.2, -0.15) is 4.98 Å². The third-order valence-corrected chi connectivity index (χ3v) is 8.14. The molecule has 6 heteroatoms. The highest BCUT2D eigenvalue weighted by Crippen LogP contribution is 2.28. The van der Waals surface area contributed by atoms with Crippen molar-refractivity contribution in [2.45, 2.75) is 57.8 Å². The Morgan fingerprint density at radius 3 is 2.00 bits per heavy atom. The molecule has 0 aliphatic heterocycles. The number of aromatic nitrogens is 2. The lowest BCUT2D eigenvalue weighted by molar-refractivity contribution is 0.183. The molecule has 2 N–H and O–H groups in total. The smallest absolute Gasteiger partial charge is 0.225 e. The van der Waals surface area contributed by atoms with Gasteiger partial charge in [-0.1, -0.05) is 72.8 Å². The van der Waals surface area contributed by atoms with Crippen molar-refractivity contribution in [1.29, 1.82) is 0 Å². The maximum atomic E-state index is 4.85. The van der Waals surface area contributed by atoms with Gasteiger partial charge < -0.3 is 15.5 Å². The molecule has 0 saturated heterocycles. The Bertz CT molecular complexity index is 1280. The van der Waals surface area contributed by atoms with Crippen LogP contribution in [0, 0.1) is 5.92 Å². The first-order valence-corrected chi connectivity index (χ1v) is 14.8. The summed E-state index contributed by atoms with van der Waals surface area (Å²) < 4.78 is 0. The number of hydrogen-bond acceptors (Lipinski definition) is 6. The largest absolute Gasteiger partial charge is 0.362 e. The van der Waals surface area contributed by atoms with Crippen molar-refractivity contribution < 1.29 is 0 Å². The number of nitrogens with one attached hydrogen (secondary N) is 2. The summed E-state index contributed by atoms with van der Waals surface area (Å²) in [6.07, 6.45) is 4.77. The Hall–Kier alpha value is -3.48. The van der Waals surface area contributed by atoms with Crippen LogP contribution in [0.5, 0.6) is 0 Å². The van der Waals surface area contributed by atoms with E-state index in [2.05, 4.69) is 100 Å². The van der Waals surface area contributed by atoms with E-state index in [1.165, 1.54) is 24.0 Å². The zero-order chi connectivity index (χ0) is 27.7. The van der Waals surface area contributed by atoms with Gasteiger partial charge in [0.1, 0.15) is 5.82 Å². The van der Waals surface area contributed by atoms with Crippen molar-refractivity contribution in [2.24, 2.45) is 5.92 Å². The lowest BCUT2D eigenvalue weighted by Crippen LogP contribution is -2.41. The molecule has 1 heterocycles. The third kappa shape index (κ3) is 7.58. The average Bonchev–Trinajstić information content (AvgIpc) is 2.98. The molecule has 1 atom stereocenters. The Morgan fingerprint density at radius 2 is 1.38 bits per heavy atom. The minimum absolute atomic E-state index is 0.429. The molecule has 6 nitrogen and oxygen atoms in total. The Kier molecular flexibility index (Phi) is 9.63. The van der Waals surface area contributed by atoms with E-state index in [4.69, 9.17) is 9.97 Å². The van der Waals surface area contributed by atoms with E-state index >= 15 is 0 Å². The summed E-state index contributed by atoms with van der Waals surface area (Å²) in [7, 11) is 4.08. The Labute approximate surface area is 239 Å². The number of nitrogens with zero attached hydrogens (tertiary/aromatic N) is 4. The fraction of sp³-hybridized carbons (Fsp3) is 0.412. The summed E-state index contributed by atoms with van der Waals surface area (Å²) >= 11 is 0. The molecule has 0 bridgehead atoms. The maximum absolute atomic E-state index is 4.85. The van der Waals surface area contributed by atoms with Gasteiger partial charge in [0.2, 0.25) is 5.95 Å². The maximum Gasteiger partial charge on any atom is 0.225 e. The van der Waals surface area contributed by atoms with Crippen LogP contribution in [-0.4, -0.2) is 54.1 Å². The number of para-hydroxylation sites is 1. The van der Waals surface area contributed by atoms with Gasteiger partial charge in [0, 0.05) is 51.2 Å². The topological polar surface area (TPSA) is 56.3 Å². The molecule has 0 radical (unpaired) electrons. The van der Waals surface area contributed by atoms with Crippen molar-refractivity contribution in [1.82, 2.24) is 20.2 Å². The molecule has 0 spiro atoms. The van der Waals surface area contributed by atoms with Gasteiger partial charge in [-0.25, -0.2) is 4.98 Å². The van der Waals surface area contributed by atoms with E-state index in [0.717, 1.165) is 67.6 Å². The molecule has 1 aromatic heterocycles. The molecule has 4 aromatic rings. The zero-order valence-electron chi connectivity index (χ0n) is 24.3. The molecule has 1 saturated carbocycles. The van der Waals surface area contributed by atoms with Gasteiger partial charge in [-0.3, -0.25) is 4.90 Å². The lowest BCUT2D eigenvalue weighted by Gasteiger charge is -2.32. The zero-order valence-corrected chi connectivity index (χ0v) is 24.3. The molecule has 40 heavy (non-hydrogen) atoms. The number of fused-ring (bicyclic) bond motifs is 1. The molecule has 5 rings (SSSR count). The van der Waals surface area contributed by atoms with Crippen LogP contribution in [0.15, 0.2) is 84.9 Å². The Morgan fingerprint density at radius 1 is 0.775 bits per heavy atom. The molecular formula is C34H44N6. The number of hydrogen-bond donors (Lipinski definition) is 2. The van der Waals surface area contributed by atoms with Gasteiger partial charge in [0.25, 0.3) is 0 Å².